The van der Waals surface area contributed by atoms with Crippen LogP contribution >= 0.6 is 22.9 Å². The monoisotopic (exact) mass is 384 g/mol. The highest BCUT2D eigenvalue weighted by molar-refractivity contribution is 7.16. The van der Waals surface area contributed by atoms with E-state index in [0.29, 0.717) is 6.54 Å². The zero-order valence-electron chi connectivity index (χ0n) is 14.8. The van der Waals surface area contributed by atoms with Gasteiger partial charge in [0.25, 0.3) is 0 Å². The molecule has 134 valence electrons. The number of halogens is 1. The summed E-state index contributed by atoms with van der Waals surface area (Å²) in [6.07, 6.45) is 0. The summed E-state index contributed by atoms with van der Waals surface area (Å²) in [6.45, 7) is 2.50. The van der Waals surface area contributed by atoms with E-state index >= 15 is 0 Å². The number of carbonyl (C=O) groups is 1. The number of urea groups is 1. The lowest BCUT2D eigenvalue weighted by atomic mass is 9.99. The van der Waals surface area contributed by atoms with Gasteiger partial charge in [-0.3, -0.25) is 0 Å². The van der Waals surface area contributed by atoms with Gasteiger partial charge in [0.2, 0.25) is 0 Å². The highest BCUT2D eigenvalue weighted by Gasteiger charge is 2.16. The zero-order chi connectivity index (χ0) is 18.5. The van der Waals surface area contributed by atoms with Crippen molar-refractivity contribution in [1.82, 2.24) is 10.2 Å². The average Bonchev–Trinajstić information content (AvgIpc) is 3.09. The molecule has 0 aliphatic heterocycles. The highest BCUT2D eigenvalue weighted by atomic mass is 35.5. The summed E-state index contributed by atoms with van der Waals surface area (Å²) >= 11 is 7.47. The Hall–Kier alpha value is -2.30. The number of carbonyl (C=O) groups excluding carboxylic acids is 1. The lowest BCUT2D eigenvalue weighted by molar-refractivity contribution is 0.204. The minimum Gasteiger partial charge on any atom is -0.331 e. The fraction of sp³-hybridized carbons (Fsp3) is 0.190. The first-order valence-corrected chi connectivity index (χ1v) is 9.64. The van der Waals surface area contributed by atoms with E-state index in [2.05, 4.69) is 29.6 Å². The standard InChI is InChI=1S/C21H21ClN2OS/c1-15(19-12-13-20(22)26-19)23-21(25)24(2)14-17-10-6-7-11-18(17)16-8-4-3-5-9-16/h3-13,15H,14H2,1-2H3,(H,23,25). The molecule has 0 fully saturated rings. The molecular formula is C21H21ClN2OS. The van der Waals surface area contributed by atoms with E-state index in [0.717, 1.165) is 25.9 Å². The summed E-state index contributed by atoms with van der Waals surface area (Å²) < 4.78 is 0.728. The Morgan fingerprint density at radius 2 is 1.77 bits per heavy atom. The van der Waals surface area contributed by atoms with Gasteiger partial charge in [-0.2, -0.15) is 0 Å². The van der Waals surface area contributed by atoms with Crippen LogP contribution in [-0.2, 0) is 6.54 Å². The van der Waals surface area contributed by atoms with Gasteiger partial charge in [-0.05, 0) is 35.7 Å². The number of hydrogen-bond acceptors (Lipinski definition) is 2. The van der Waals surface area contributed by atoms with Crippen molar-refractivity contribution in [2.75, 3.05) is 7.05 Å². The van der Waals surface area contributed by atoms with E-state index in [9.17, 15) is 4.79 Å². The summed E-state index contributed by atoms with van der Waals surface area (Å²) in [5.74, 6) is 0. The first kappa shape index (κ1) is 18.5. The molecule has 1 unspecified atom stereocenters. The maximum atomic E-state index is 12.6. The van der Waals surface area contributed by atoms with Crippen LogP contribution in [0.2, 0.25) is 4.34 Å². The number of amides is 2. The molecule has 26 heavy (non-hydrogen) atoms. The fourth-order valence-corrected chi connectivity index (χ4v) is 3.88. The van der Waals surface area contributed by atoms with Crippen LogP contribution < -0.4 is 5.32 Å². The lowest BCUT2D eigenvalue weighted by Crippen LogP contribution is -2.38. The van der Waals surface area contributed by atoms with Crippen molar-refractivity contribution in [1.29, 1.82) is 0 Å². The molecule has 0 saturated heterocycles. The third-order valence-electron chi connectivity index (χ3n) is 4.22. The molecule has 0 spiro atoms. The van der Waals surface area contributed by atoms with Gasteiger partial charge in [0.1, 0.15) is 0 Å². The SMILES string of the molecule is CC(NC(=O)N(C)Cc1ccccc1-c1ccccc1)c1ccc(Cl)s1. The highest BCUT2D eigenvalue weighted by Crippen LogP contribution is 2.27. The van der Waals surface area contributed by atoms with Crippen molar-refractivity contribution in [3.8, 4) is 11.1 Å². The number of benzene rings is 2. The molecule has 3 nitrogen and oxygen atoms in total. The van der Waals surface area contributed by atoms with Crippen molar-refractivity contribution >= 4 is 29.0 Å². The third kappa shape index (κ3) is 4.45. The van der Waals surface area contributed by atoms with Crippen LogP contribution in [-0.4, -0.2) is 18.0 Å². The molecule has 1 heterocycles. The Kier molecular flexibility index (Phi) is 5.96. The van der Waals surface area contributed by atoms with Crippen molar-refractivity contribution in [2.45, 2.75) is 19.5 Å². The Morgan fingerprint density at radius 3 is 2.46 bits per heavy atom. The number of hydrogen-bond donors (Lipinski definition) is 1. The van der Waals surface area contributed by atoms with Gasteiger partial charge in [-0.15, -0.1) is 11.3 Å². The molecule has 0 aliphatic carbocycles. The van der Waals surface area contributed by atoms with Crippen molar-refractivity contribution in [3.05, 3.63) is 81.5 Å². The maximum absolute atomic E-state index is 12.6. The van der Waals surface area contributed by atoms with Crippen molar-refractivity contribution in [3.63, 3.8) is 0 Å². The van der Waals surface area contributed by atoms with E-state index in [1.807, 2.05) is 56.4 Å². The normalized spacial score (nSPS) is 11.8. The first-order valence-electron chi connectivity index (χ1n) is 8.45. The molecule has 2 aromatic carbocycles. The van der Waals surface area contributed by atoms with Crippen LogP contribution in [0.1, 0.15) is 23.4 Å². The van der Waals surface area contributed by atoms with Gasteiger partial charge >= 0.3 is 6.03 Å². The molecule has 0 radical (unpaired) electrons. The van der Waals surface area contributed by atoms with Crippen LogP contribution in [0, 0.1) is 0 Å². The van der Waals surface area contributed by atoms with Gasteiger partial charge in [0, 0.05) is 18.5 Å². The zero-order valence-corrected chi connectivity index (χ0v) is 16.3. The summed E-state index contributed by atoms with van der Waals surface area (Å²) in [5.41, 5.74) is 3.41. The lowest BCUT2D eigenvalue weighted by Gasteiger charge is -2.22. The molecule has 2 amide bonds. The summed E-state index contributed by atoms with van der Waals surface area (Å²) in [5, 5.41) is 3.03. The van der Waals surface area contributed by atoms with Crippen LogP contribution in [0.3, 0.4) is 0 Å². The second kappa shape index (κ2) is 8.39. The van der Waals surface area contributed by atoms with E-state index in [1.54, 1.807) is 4.90 Å². The Morgan fingerprint density at radius 1 is 1.08 bits per heavy atom. The van der Waals surface area contributed by atoms with Crippen LogP contribution in [0.5, 0.6) is 0 Å². The first-order chi connectivity index (χ1) is 12.5. The largest absolute Gasteiger partial charge is 0.331 e. The topological polar surface area (TPSA) is 32.3 Å². The van der Waals surface area contributed by atoms with Gasteiger partial charge in [-0.1, -0.05) is 66.2 Å². The number of thiophene rings is 1. The van der Waals surface area contributed by atoms with E-state index < -0.39 is 0 Å². The summed E-state index contributed by atoms with van der Waals surface area (Å²) in [4.78, 5) is 15.3. The second-order valence-corrected chi connectivity index (χ2v) is 7.94. The predicted molar refractivity (Wildman–Crippen MR) is 110 cm³/mol. The molecule has 0 saturated carbocycles. The molecule has 1 N–H and O–H groups in total. The van der Waals surface area contributed by atoms with Gasteiger partial charge < -0.3 is 10.2 Å². The third-order valence-corrected chi connectivity index (χ3v) is 5.63. The predicted octanol–water partition coefficient (Wildman–Crippen LogP) is 5.97. The van der Waals surface area contributed by atoms with Crippen molar-refractivity contribution < 1.29 is 4.79 Å². The molecule has 1 atom stereocenters. The maximum Gasteiger partial charge on any atom is 0.317 e. The minimum atomic E-state index is -0.107. The van der Waals surface area contributed by atoms with Gasteiger partial charge in [-0.25, -0.2) is 4.79 Å². The second-order valence-electron chi connectivity index (χ2n) is 6.19. The molecule has 3 rings (SSSR count). The van der Waals surface area contributed by atoms with Gasteiger partial charge in [0.15, 0.2) is 0 Å². The Balaban J connectivity index is 1.70. The molecule has 1 aromatic heterocycles. The Labute approximate surface area is 163 Å². The van der Waals surface area contributed by atoms with Crippen molar-refractivity contribution in [2.24, 2.45) is 0 Å². The van der Waals surface area contributed by atoms with Crippen LogP contribution in [0.4, 0.5) is 4.79 Å². The van der Waals surface area contributed by atoms with E-state index in [-0.39, 0.29) is 12.1 Å². The van der Waals surface area contributed by atoms with E-state index in [4.69, 9.17) is 11.6 Å². The van der Waals surface area contributed by atoms with E-state index in [1.165, 1.54) is 11.3 Å². The number of nitrogens with zero attached hydrogens (tertiary/aromatic N) is 1. The number of nitrogens with one attached hydrogen (secondary N) is 1. The minimum absolute atomic E-state index is 0.0770. The fourth-order valence-electron chi connectivity index (χ4n) is 2.81. The molecule has 3 aromatic rings. The Bertz CT molecular complexity index is 878. The van der Waals surface area contributed by atoms with Crippen LogP contribution in [0.25, 0.3) is 11.1 Å². The molecule has 0 bridgehead atoms. The summed E-state index contributed by atoms with van der Waals surface area (Å²) in [7, 11) is 1.81. The average molecular weight is 385 g/mol. The molecule has 5 heteroatoms. The number of rotatable bonds is 5. The van der Waals surface area contributed by atoms with Gasteiger partial charge in [0.05, 0.1) is 10.4 Å². The summed E-state index contributed by atoms with van der Waals surface area (Å²) in [6, 6.07) is 22.0. The molecular weight excluding hydrogens is 364 g/mol. The van der Waals surface area contributed by atoms with Crippen LogP contribution in [0.15, 0.2) is 66.7 Å². The quantitative estimate of drug-likeness (QED) is 0.577. The molecule has 0 aliphatic rings. The smallest absolute Gasteiger partial charge is 0.317 e.